The summed E-state index contributed by atoms with van der Waals surface area (Å²) in [5.74, 6) is 1.19. The highest BCUT2D eigenvalue weighted by Crippen LogP contribution is 2.87. The summed E-state index contributed by atoms with van der Waals surface area (Å²) in [6.07, 6.45) is 5.76. The van der Waals surface area contributed by atoms with Crippen molar-refractivity contribution in [2.24, 2.45) is 51.1 Å². The lowest BCUT2D eigenvalue weighted by molar-refractivity contribution is -0.251. The predicted octanol–water partition coefficient (Wildman–Crippen LogP) is 3.76. The van der Waals surface area contributed by atoms with Gasteiger partial charge in [0.05, 0.1) is 42.2 Å². The molecule has 8 rings (SSSR count). The first-order chi connectivity index (χ1) is 22.4. The molecule has 0 aromatic carbocycles. The third-order valence-corrected chi connectivity index (χ3v) is 16.8. The molecule has 0 aromatic rings. The van der Waals surface area contributed by atoms with E-state index in [1.165, 1.54) is 19.3 Å². The van der Waals surface area contributed by atoms with E-state index in [0.29, 0.717) is 24.4 Å². The van der Waals surface area contributed by atoms with Crippen molar-refractivity contribution < 1.29 is 29.5 Å². The fourth-order valence-electron chi connectivity index (χ4n) is 14.2. The highest BCUT2D eigenvalue weighted by Gasteiger charge is 2.85. The minimum Gasteiger partial charge on any atom is -0.388 e. The van der Waals surface area contributed by atoms with Crippen LogP contribution in [0.25, 0.3) is 0 Å². The number of aliphatic hydroxyl groups is 3. The second-order valence-electron chi connectivity index (χ2n) is 19.9. The van der Waals surface area contributed by atoms with E-state index in [1.807, 2.05) is 0 Å². The minimum absolute atomic E-state index is 0.0339. The van der Waals surface area contributed by atoms with Crippen LogP contribution >= 0.6 is 0 Å². The number of nitrogens with zero attached hydrogens (tertiary/aromatic N) is 2. The van der Waals surface area contributed by atoms with Gasteiger partial charge in [-0.05, 0) is 124 Å². The molecule has 5 saturated carbocycles. The van der Waals surface area contributed by atoms with Crippen molar-refractivity contribution in [3.63, 3.8) is 0 Å². The Morgan fingerprint density at radius 2 is 1.67 bits per heavy atom. The molecule has 2 spiro atoms. The smallest absolute Gasteiger partial charge is 0.170 e. The Labute approximate surface area is 289 Å². The highest BCUT2D eigenvalue weighted by molar-refractivity contribution is 5.35. The molecule has 48 heavy (non-hydrogen) atoms. The summed E-state index contributed by atoms with van der Waals surface area (Å²) < 4.78 is 19.9. The van der Waals surface area contributed by atoms with Crippen LogP contribution in [0.15, 0.2) is 0 Å². The molecule has 1 unspecified atom stereocenters. The molecular formula is C39H67N3O6. The van der Waals surface area contributed by atoms with Gasteiger partial charge in [0.2, 0.25) is 0 Å². The summed E-state index contributed by atoms with van der Waals surface area (Å²) in [6.45, 7) is 22.3. The lowest BCUT2D eigenvalue weighted by atomic mass is 9.43. The zero-order valence-electron chi connectivity index (χ0n) is 31.2. The van der Waals surface area contributed by atoms with Crippen molar-refractivity contribution >= 4 is 0 Å². The van der Waals surface area contributed by atoms with Crippen LogP contribution in [-0.2, 0) is 14.2 Å². The number of nitrogens with two attached hydrogens (primary N) is 1. The van der Waals surface area contributed by atoms with Gasteiger partial charge in [-0.2, -0.15) is 0 Å². The van der Waals surface area contributed by atoms with Gasteiger partial charge >= 0.3 is 0 Å². The summed E-state index contributed by atoms with van der Waals surface area (Å²) in [7, 11) is 0. The van der Waals surface area contributed by atoms with Crippen molar-refractivity contribution in [1.82, 2.24) is 9.80 Å². The number of fused-ring (bicyclic) bond motifs is 4. The van der Waals surface area contributed by atoms with E-state index < -0.39 is 35.6 Å². The van der Waals surface area contributed by atoms with Gasteiger partial charge < -0.3 is 35.3 Å². The van der Waals surface area contributed by atoms with Crippen molar-refractivity contribution in [3.05, 3.63) is 0 Å². The summed E-state index contributed by atoms with van der Waals surface area (Å²) in [5.41, 5.74) is 5.98. The lowest BCUT2D eigenvalue weighted by Crippen LogP contribution is -2.70. The fourth-order valence-corrected chi connectivity index (χ4v) is 14.2. The number of aliphatic hydroxyl groups excluding tert-OH is 2. The summed E-state index contributed by atoms with van der Waals surface area (Å²) >= 11 is 0. The molecule has 0 radical (unpaired) electrons. The van der Waals surface area contributed by atoms with Gasteiger partial charge in [-0.1, -0.05) is 27.7 Å². The Kier molecular flexibility index (Phi) is 8.01. The molecule has 0 bridgehead atoms. The van der Waals surface area contributed by atoms with Gasteiger partial charge in [0.1, 0.15) is 6.10 Å². The predicted molar refractivity (Wildman–Crippen MR) is 184 cm³/mol. The maximum Gasteiger partial charge on any atom is 0.170 e. The quantitative estimate of drug-likeness (QED) is 0.334. The van der Waals surface area contributed by atoms with Crippen LogP contribution in [0.3, 0.4) is 0 Å². The Morgan fingerprint density at radius 1 is 0.979 bits per heavy atom. The van der Waals surface area contributed by atoms with E-state index in [1.54, 1.807) is 13.8 Å². The van der Waals surface area contributed by atoms with E-state index in [4.69, 9.17) is 19.9 Å². The fraction of sp³-hybridized carbons (Fsp3) is 1.00. The molecule has 5 N–H and O–H groups in total. The first-order valence-corrected chi connectivity index (χ1v) is 19.7. The third-order valence-electron chi connectivity index (χ3n) is 16.8. The first kappa shape index (κ1) is 34.7. The molecule has 9 nitrogen and oxygen atoms in total. The van der Waals surface area contributed by atoms with Gasteiger partial charge in [-0.15, -0.1) is 0 Å². The Bertz CT molecular complexity index is 1250. The standard InChI is InChI=1S/C39H67N3O6/c1-22(2)42-18-24(19-42)41-15-16-46-29(20-41)48-28-11-12-37-21-38(37)14-13-36(8)30-23(3)17-25(32(43)35(6,7)45)47-31(30)33(44)39(36,40)27(38)10-9-26(37)34(28,4)5/h22-33,43-45H,9-21,40H2,1-8H3/t23-,25-,26+,27-,28+,29+,30+,31+,32+,33+,36-,37?,38+,39+/m1/s1. The number of ether oxygens (including phenoxy) is 3. The van der Waals surface area contributed by atoms with Crippen LogP contribution in [0.2, 0.25) is 0 Å². The Morgan fingerprint density at radius 3 is 2.35 bits per heavy atom. The molecular weight excluding hydrogens is 606 g/mol. The molecule has 5 aliphatic carbocycles. The Balaban J connectivity index is 0.991. The van der Waals surface area contributed by atoms with Crippen molar-refractivity contribution in [2.75, 3.05) is 32.8 Å². The number of morpholine rings is 1. The minimum atomic E-state index is -1.27. The van der Waals surface area contributed by atoms with Gasteiger partial charge in [-0.3, -0.25) is 9.80 Å². The second kappa shape index (κ2) is 11.1. The molecule has 0 amide bonds. The summed E-state index contributed by atoms with van der Waals surface area (Å²) in [4.78, 5) is 5.15. The Hall–Kier alpha value is -0.360. The van der Waals surface area contributed by atoms with Crippen molar-refractivity contribution in [2.45, 2.75) is 167 Å². The highest BCUT2D eigenvalue weighted by atomic mass is 16.7. The summed E-state index contributed by atoms with van der Waals surface area (Å²) in [5, 5.41) is 34.0. The third kappa shape index (κ3) is 4.53. The topological polar surface area (TPSA) is 121 Å². The van der Waals surface area contributed by atoms with Crippen molar-refractivity contribution in [1.29, 1.82) is 0 Å². The van der Waals surface area contributed by atoms with Crippen LogP contribution in [0.5, 0.6) is 0 Å². The van der Waals surface area contributed by atoms with E-state index in [9.17, 15) is 15.3 Å². The average Bonchev–Trinajstić information content (AvgIpc) is 3.61. The number of rotatable bonds is 6. The van der Waals surface area contributed by atoms with E-state index in [-0.39, 0.29) is 51.8 Å². The monoisotopic (exact) mass is 674 g/mol. The summed E-state index contributed by atoms with van der Waals surface area (Å²) in [6, 6.07) is 1.23. The molecule has 3 saturated heterocycles. The van der Waals surface area contributed by atoms with Gasteiger partial charge in [0.25, 0.3) is 0 Å². The molecule has 0 aromatic heterocycles. The van der Waals surface area contributed by atoms with Gasteiger partial charge in [0.15, 0.2) is 6.29 Å². The SMILES string of the molecule is CC(C)N1CC(N2CCO[C@@H](O[C@H]3CCC45C[C@]46CC[C@]4(C)[C@@H]7[C@H](O[C@@H]([C@H](O)C(C)(C)O)C[C@H]7C)[C@H](O)[C@@]4(N)[C@@H]6CC[C@H]5C3(C)C)C2)C1. The molecule has 9 heteroatoms. The molecule has 14 atom stereocenters. The molecule has 3 aliphatic heterocycles. The lowest BCUT2D eigenvalue weighted by Gasteiger charge is -2.63. The maximum absolute atomic E-state index is 12.3. The molecule has 8 aliphatic rings. The van der Waals surface area contributed by atoms with Crippen molar-refractivity contribution in [3.8, 4) is 0 Å². The van der Waals surface area contributed by atoms with Crippen LogP contribution < -0.4 is 5.73 Å². The number of hydrogen-bond donors (Lipinski definition) is 4. The van der Waals surface area contributed by atoms with Crippen LogP contribution in [0, 0.1) is 45.3 Å². The second-order valence-corrected chi connectivity index (χ2v) is 19.9. The largest absolute Gasteiger partial charge is 0.388 e. The van der Waals surface area contributed by atoms with E-state index in [2.05, 4.69) is 51.3 Å². The van der Waals surface area contributed by atoms with Crippen LogP contribution in [0.1, 0.15) is 107 Å². The molecule has 8 fully saturated rings. The maximum atomic E-state index is 12.3. The average molecular weight is 674 g/mol. The van der Waals surface area contributed by atoms with E-state index in [0.717, 1.165) is 58.5 Å². The van der Waals surface area contributed by atoms with Crippen LogP contribution in [0.4, 0.5) is 0 Å². The normalized spacial score (nSPS) is 52.8. The number of hydrogen-bond acceptors (Lipinski definition) is 9. The van der Waals surface area contributed by atoms with E-state index >= 15 is 0 Å². The number of likely N-dealkylation sites (tertiary alicyclic amines) is 1. The zero-order valence-corrected chi connectivity index (χ0v) is 31.2. The first-order valence-electron chi connectivity index (χ1n) is 19.7. The van der Waals surface area contributed by atoms with Crippen LogP contribution in [-0.4, -0.2) is 118 Å². The zero-order chi connectivity index (χ0) is 34.4. The van der Waals surface area contributed by atoms with Gasteiger partial charge in [-0.25, -0.2) is 0 Å². The molecule has 3 heterocycles. The van der Waals surface area contributed by atoms with Gasteiger partial charge in [0, 0.05) is 38.3 Å². The molecule has 274 valence electrons.